The maximum absolute atomic E-state index is 11.7. The first kappa shape index (κ1) is 11.4. The summed E-state index contributed by atoms with van der Waals surface area (Å²) in [5.74, 6) is 0.000688. The first-order valence-corrected chi connectivity index (χ1v) is 5.33. The molecule has 0 aromatic rings. The minimum atomic E-state index is -1.71. The lowest BCUT2D eigenvalue weighted by Gasteiger charge is -2.40. The van der Waals surface area contributed by atoms with E-state index in [1.807, 2.05) is 13.8 Å². The summed E-state index contributed by atoms with van der Waals surface area (Å²) in [6.07, 6.45) is 0.321. The minimum absolute atomic E-state index is 0.305. The lowest BCUT2D eigenvalue weighted by molar-refractivity contribution is -0.150. The lowest BCUT2D eigenvalue weighted by Crippen LogP contribution is -2.54. The van der Waals surface area contributed by atoms with Gasteiger partial charge in [-0.25, -0.2) is 0 Å². The van der Waals surface area contributed by atoms with E-state index in [4.69, 9.17) is 4.74 Å². The van der Waals surface area contributed by atoms with Crippen molar-refractivity contribution in [1.29, 1.82) is 0 Å². The van der Waals surface area contributed by atoms with Crippen LogP contribution in [-0.4, -0.2) is 34.3 Å². The second-order valence-corrected chi connectivity index (χ2v) is 4.65. The smallest absolute Gasteiger partial charge is 0.189 e. The van der Waals surface area contributed by atoms with Crippen LogP contribution in [0.2, 0.25) is 0 Å². The molecule has 0 fully saturated rings. The molecular weight excluding hydrogens is 208 g/mol. The van der Waals surface area contributed by atoms with Crippen molar-refractivity contribution < 1.29 is 19.7 Å². The van der Waals surface area contributed by atoms with Crippen LogP contribution in [0.4, 0.5) is 0 Å². The number of carbonyl (C=O) groups is 1. The van der Waals surface area contributed by atoms with Crippen LogP contribution in [0.3, 0.4) is 0 Å². The highest BCUT2D eigenvalue weighted by molar-refractivity contribution is 5.99. The zero-order valence-corrected chi connectivity index (χ0v) is 9.65. The summed E-state index contributed by atoms with van der Waals surface area (Å²) >= 11 is 0. The number of rotatable bonds is 0. The summed E-state index contributed by atoms with van der Waals surface area (Å²) in [5, 5.41) is 19.9. The maximum Gasteiger partial charge on any atom is 0.189 e. The Morgan fingerprint density at radius 2 is 2.12 bits per heavy atom. The Labute approximate surface area is 94.2 Å². The Morgan fingerprint density at radius 1 is 1.50 bits per heavy atom. The summed E-state index contributed by atoms with van der Waals surface area (Å²) in [4.78, 5) is 11.7. The molecule has 88 valence electrons. The third kappa shape index (κ3) is 1.41. The van der Waals surface area contributed by atoms with E-state index in [-0.39, 0.29) is 5.92 Å². The van der Waals surface area contributed by atoms with Crippen LogP contribution >= 0.6 is 0 Å². The lowest BCUT2D eigenvalue weighted by atomic mass is 9.73. The van der Waals surface area contributed by atoms with Gasteiger partial charge in [0.05, 0.1) is 18.5 Å². The molecule has 2 N–H and O–H groups in total. The van der Waals surface area contributed by atoms with Crippen LogP contribution in [0.15, 0.2) is 23.0 Å². The molecule has 0 radical (unpaired) electrons. The van der Waals surface area contributed by atoms with Crippen LogP contribution < -0.4 is 0 Å². The van der Waals surface area contributed by atoms with E-state index in [1.165, 1.54) is 13.0 Å². The molecule has 3 unspecified atom stereocenters. The fourth-order valence-corrected chi connectivity index (χ4v) is 2.20. The topological polar surface area (TPSA) is 66.8 Å². The van der Waals surface area contributed by atoms with E-state index in [9.17, 15) is 15.0 Å². The van der Waals surface area contributed by atoms with Gasteiger partial charge in [0.1, 0.15) is 0 Å². The molecule has 1 aliphatic heterocycles. The Kier molecular flexibility index (Phi) is 2.44. The van der Waals surface area contributed by atoms with Crippen molar-refractivity contribution in [3.63, 3.8) is 0 Å². The largest absolute Gasteiger partial charge is 0.497 e. The summed E-state index contributed by atoms with van der Waals surface area (Å²) in [6.45, 7) is 5.33. The van der Waals surface area contributed by atoms with Crippen LogP contribution in [0.25, 0.3) is 0 Å². The molecule has 0 amide bonds. The second kappa shape index (κ2) is 3.43. The molecule has 1 aliphatic carbocycles. The normalized spacial score (nSPS) is 39.1. The van der Waals surface area contributed by atoms with Gasteiger partial charge in [-0.1, -0.05) is 0 Å². The Morgan fingerprint density at radius 3 is 2.75 bits per heavy atom. The van der Waals surface area contributed by atoms with Crippen molar-refractivity contribution in [3.05, 3.63) is 23.0 Å². The molecule has 0 aromatic heterocycles. The van der Waals surface area contributed by atoms with Gasteiger partial charge in [0.2, 0.25) is 0 Å². The average Bonchev–Trinajstić information content (AvgIpc) is 2.22. The molecule has 0 aromatic carbocycles. The van der Waals surface area contributed by atoms with E-state index in [0.717, 1.165) is 16.9 Å². The van der Waals surface area contributed by atoms with E-state index < -0.39 is 17.5 Å². The molecule has 2 aliphatic rings. The standard InChI is InChI=1S/C12H16O4/c1-6-7(2)16-5-9-8(6)4-10(13)12(3,15)11(9)14/h4,9,11,14-15H,5H2,1-3H3. The Balaban J connectivity index is 2.51. The number of ether oxygens (including phenoxy) is 1. The van der Waals surface area contributed by atoms with Gasteiger partial charge in [-0.3, -0.25) is 4.79 Å². The second-order valence-electron chi connectivity index (χ2n) is 4.65. The summed E-state index contributed by atoms with van der Waals surface area (Å²) in [6, 6.07) is 0. The zero-order chi connectivity index (χ0) is 12.1. The number of hydrogen-bond donors (Lipinski definition) is 2. The number of aliphatic hydroxyl groups is 2. The fourth-order valence-electron chi connectivity index (χ4n) is 2.20. The highest BCUT2D eigenvalue weighted by Crippen LogP contribution is 2.38. The van der Waals surface area contributed by atoms with Crippen LogP contribution in [0, 0.1) is 5.92 Å². The Hall–Kier alpha value is -1.13. The molecule has 1 heterocycles. The molecule has 2 rings (SSSR count). The number of hydrogen-bond acceptors (Lipinski definition) is 4. The van der Waals surface area contributed by atoms with Crippen molar-refractivity contribution >= 4 is 5.78 Å². The van der Waals surface area contributed by atoms with Gasteiger partial charge in [0.25, 0.3) is 0 Å². The number of ketones is 1. The predicted molar refractivity (Wildman–Crippen MR) is 57.5 cm³/mol. The van der Waals surface area contributed by atoms with Crippen molar-refractivity contribution in [2.75, 3.05) is 6.61 Å². The SMILES string of the molecule is CC1=C(C)C2=CC(=O)C(C)(O)C(O)C2CO1. The van der Waals surface area contributed by atoms with Crippen LogP contribution in [0.5, 0.6) is 0 Å². The van der Waals surface area contributed by atoms with Gasteiger partial charge in [-0.2, -0.15) is 0 Å². The molecule has 0 bridgehead atoms. The number of carbonyl (C=O) groups excluding carboxylic acids is 1. The predicted octanol–water partition coefficient (Wildman–Crippen LogP) is 0.548. The molecular formula is C12H16O4. The number of fused-ring (bicyclic) bond motifs is 1. The molecule has 0 saturated carbocycles. The molecule has 3 atom stereocenters. The molecule has 0 saturated heterocycles. The highest BCUT2D eigenvalue weighted by Gasteiger charge is 2.48. The van der Waals surface area contributed by atoms with Gasteiger partial charge < -0.3 is 14.9 Å². The molecule has 16 heavy (non-hydrogen) atoms. The molecule has 4 heteroatoms. The van der Waals surface area contributed by atoms with Gasteiger partial charge in [-0.05, 0) is 38.0 Å². The van der Waals surface area contributed by atoms with Gasteiger partial charge >= 0.3 is 0 Å². The highest BCUT2D eigenvalue weighted by atomic mass is 16.5. The Bertz CT molecular complexity index is 403. The van der Waals surface area contributed by atoms with E-state index in [0.29, 0.717) is 6.61 Å². The summed E-state index contributed by atoms with van der Waals surface area (Å²) < 4.78 is 5.41. The third-order valence-electron chi connectivity index (χ3n) is 3.58. The maximum atomic E-state index is 11.7. The average molecular weight is 224 g/mol. The van der Waals surface area contributed by atoms with Gasteiger partial charge in [0, 0.05) is 5.92 Å². The third-order valence-corrected chi connectivity index (χ3v) is 3.58. The van der Waals surface area contributed by atoms with E-state index in [1.54, 1.807) is 0 Å². The van der Waals surface area contributed by atoms with Crippen molar-refractivity contribution in [2.45, 2.75) is 32.5 Å². The van der Waals surface area contributed by atoms with Crippen LogP contribution in [0.1, 0.15) is 20.8 Å². The van der Waals surface area contributed by atoms with Gasteiger partial charge in [0.15, 0.2) is 11.4 Å². The first-order chi connectivity index (χ1) is 7.35. The van der Waals surface area contributed by atoms with Crippen LogP contribution in [-0.2, 0) is 9.53 Å². The fraction of sp³-hybridized carbons (Fsp3) is 0.583. The van der Waals surface area contributed by atoms with Crippen molar-refractivity contribution in [2.24, 2.45) is 5.92 Å². The van der Waals surface area contributed by atoms with E-state index >= 15 is 0 Å². The number of allylic oxidation sites excluding steroid dienone is 2. The molecule has 4 nitrogen and oxygen atoms in total. The van der Waals surface area contributed by atoms with Crippen molar-refractivity contribution in [3.8, 4) is 0 Å². The summed E-state index contributed by atoms with van der Waals surface area (Å²) in [5.41, 5.74) is -0.0461. The minimum Gasteiger partial charge on any atom is -0.497 e. The van der Waals surface area contributed by atoms with E-state index in [2.05, 4.69) is 0 Å². The number of aliphatic hydroxyl groups excluding tert-OH is 1. The zero-order valence-electron chi connectivity index (χ0n) is 9.65. The quantitative estimate of drug-likeness (QED) is 0.630. The monoisotopic (exact) mass is 224 g/mol. The van der Waals surface area contributed by atoms with Gasteiger partial charge in [-0.15, -0.1) is 0 Å². The summed E-state index contributed by atoms with van der Waals surface area (Å²) in [7, 11) is 0. The molecule has 0 spiro atoms. The first-order valence-electron chi connectivity index (χ1n) is 5.33. The van der Waals surface area contributed by atoms with Crippen molar-refractivity contribution in [1.82, 2.24) is 0 Å².